The molecule has 0 radical (unpaired) electrons. The Morgan fingerprint density at radius 1 is 1.00 bits per heavy atom. The third-order valence-corrected chi connectivity index (χ3v) is 4.02. The molecule has 2 atom stereocenters. The van der Waals surface area contributed by atoms with Gasteiger partial charge in [-0.15, -0.1) is 0 Å². The fourth-order valence-electron chi connectivity index (χ4n) is 2.66. The van der Waals surface area contributed by atoms with Crippen molar-refractivity contribution in [2.75, 3.05) is 0 Å². The molecule has 30 heavy (non-hydrogen) atoms. The van der Waals surface area contributed by atoms with Gasteiger partial charge < -0.3 is 20.5 Å². The smallest absolute Gasteiger partial charge is 0.408 e. The predicted octanol–water partition coefficient (Wildman–Crippen LogP) is 3.26. The summed E-state index contributed by atoms with van der Waals surface area (Å²) in [6, 6.07) is 13.9. The van der Waals surface area contributed by atoms with Crippen LogP contribution in [0.3, 0.4) is 0 Å². The van der Waals surface area contributed by atoms with Gasteiger partial charge in [-0.1, -0.05) is 42.5 Å². The van der Waals surface area contributed by atoms with Gasteiger partial charge in [0.05, 0.1) is 11.6 Å². The van der Waals surface area contributed by atoms with Crippen molar-refractivity contribution in [2.24, 2.45) is 5.73 Å². The summed E-state index contributed by atoms with van der Waals surface area (Å²) in [7, 11) is 0. The summed E-state index contributed by atoms with van der Waals surface area (Å²) in [6.45, 7) is 6.71. The van der Waals surface area contributed by atoms with Crippen LogP contribution in [0.25, 0.3) is 0 Å². The lowest BCUT2D eigenvalue weighted by atomic mass is 9.97. The molecule has 2 rings (SSSR count). The van der Waals surface area contributed by atoms with E-state index in [9.17, 15) is 14.4 Å². The van der Waals surface area contributed by atoms with Crippen molar-refractivity contribution in [1.29, 1.82) is 0 Å². The summed E-state index contributed by atoms with van der Waals surface area (Å²) in [5.74, 6) is -0.971. The third kappa shape index (κ3) is 7.00. The number of nitrogens with two attached hydrogens (primary N) is 1. The third-order valence-electron chi connectivity index (χ3n) is 4.02. The van der Waals surface area contributed by atoms with Gasteiger partial charge in [0.1, 0.15) is 17.4 Å². The summed E-state index contributed by atoms with van der Waals surface area (Å²) >= 11 is 0. The first-order valence-corrected chi connectivity index (χ1v) is 9.71. The number of benzene rings is 2. The number of alkyl carbamates (subject to hydrolysis) is 1. The Hall–Kier alpha value is -3.19. The maximum absolute atomic E-state index is 13.3. The highest BCUT2D eigenvalue weighted by Crippen LogP contribution is 2.22. The van der Waals surface area contributed by atoms with E-state index < -0.39 is 35.5 Å². The molecule has 7 heteroatoms. The van der Waals surface area contributed by atoms with E-state index in [0.717, 1.165) is 5.56 Å². The fourth-order valence-corrected chi connectivity index (χ4v) is 2.66. The highest BCUT2D eigenvalue weighted by atomic mass is 16.6. The highest BCUT2D eigenvalue weighted by Gasteiger charge is 2.28. The second-order valence-corrected chi connectivity index (χ2v) is 7.96. The zero-order chi connectivity index (χ0) is 22.3. The van der Waals surface area contributed by atoms with Crippen LogP contribution in [-0.2, 0) is 16.0 Å². The van der Waals surface area contributed by atoms with Gasteiger partial charge in [-0.05, 0) is 45.4 Å². The Morgan fingerprint density at radius 2 is 1.60 bits per heavy atom. The number of hydrogen-bond acceptors (Lipinski definition) is 6. The molecule has 0 saturated carbocycles. The van der Waals surface area contributed by atoms with Crippen LogP contribution >= 0.6 is 0 Å². The first-order chi connectivity index (χ1) is 14.1. The number of carbonyl (C=O) groups is 3. The molecule has 2 aromatic carbocycles. The van der Waals surface area contributed by atoms with Crippen LogP contribution in [0.15, 0.2) is 54.6 Å². The van der Waals surface area contributed by atoms with Crippen molar-refractivity contribution in [3.8, 4) is 5.75 Å². The summed E-state index contributed by atoms with van der Waals surface area (Å²) in [4.78, 5) is 37.6. The lowest BCUT2D eigenvalue weighted by molar-refractivity contribution is -0.135. The summed E-state index contributed by atoms with van der Waals surface area (Å²) in [5.41, 5.74) is 5.88. The fraction of sp³-hybridized carbons (Fsp3) is 0.348. The van der Waals surface area contributed by atoms with Crippen LogP contribution in [-0.4, -0.2) is 35.5 Å². The number of rotatable bonds is 7. The van der Waals surface area contributed by atoms with E-state index in [2.05, 4.69) is 5.32 Å². The van der Waals surface area contributed by atoms with Crippen molar-refractivity contribution >= 4 is 17.8 Å². The minimum absolute atomic E-state index is 0.0915. The number of esters is 1. The largest absolute Gasteiger partial charge is 0.444 e. The Labute approximate surface area is 176 Å². The van der Waals surface area contributed by atoms with Gasteiger partial charge in [0.25, 0.3) is 0 Å². The molecule has 0 aromatic heterocycles. The van der Waals surface area contributed by atoms with Gasteiger partial charge in [-0.25, -0.2) is 9.59 Å². The normalized spacial score (nSPS) is 13.1. The lowest BCUT2D eigenvalue weighted by Gasteiger charge is -2.23. The van der Waals surface area contributed by atoms with Gasteiger partial charge in [0.15, 0.2) is 5.78 Å². The van der Waals surface area contributed by atoms with Crippen molar-refractivity contribution in [1.82, 2.24) is 5.32 Å². The summed E-state index contributed by atoms with van der Waals surface area (Å²) in [5, 5.41) is 2.65. The zero-order valence-corrected chi connectivity index (χ0v) is 17.7. The molecule has 1 amide bonds. The molecule has 0 bridgehead atoms. The molecule has 7 nitrogen and oxygen atoms in total. The Morgan fingerprint density at radius 3 is 2.20 bits per heavy atom. The van der Waals surface area contributed by atoms with Gasteiger partial charge in [0.2, 0.25) is 0 Å². The molecule has 0 saturated heterocycles. The molecule has 2 aromatic rings. The van der Waals surface area contributed by atoms with E-state index in [1.165, 1.54) is 13.0 Å². The molecule has 0 unspecified atom stereocenters. The Balaban J connectivity index is 2.32. The van der Waals surface area contributed by atoms with Crippen molar-refractivity contribution in [2.45, 2.75) is 51.8 Å². The molecule has 0 aliphatic rings. The molecular weight excluding hydrogens is 384 g/mol. The maximum atomic E-state index is 13.3. The molecular formula is C23H28N2O5. The number of Topliss-reactive ketones (excluding diaryl/α,β-unsaturated/α-hetero) is 1. The van der Waals surface area contributed by atoms with Crippen LogP contribution in [0.1, 0.15) is 43.6 Å². The van der Waals surface area contributed by atoms with Crippen molar-refractivity contribution < 1.29 is 23.9 Å². The second kappa shape index (κ2) is 10.0. The van der Waals surface area contributed by atoms with Crippen molar-refractivity contribution in [3.05, 3.63) is 65.7 Å². The van der Waals surface area contributed by atoms with E-state index in [1.54, 1.807) is 39.0 Å². The molecule has 3 N–H and O–H groups in total. The highest BCUT2D eigenvalue weighted by molar-refractivity contribution is 6.04. The number of amides is 1. The SMILES string of the molecule is C[C@H](N)C(=O)Oc1ccccc1C(=O)[C@H](Cc1ccccc1)NC(=O)OC(C)(C)C. The number of nitrogens with one attached hydrogen (secondary N) is 1. The minimum Gasteiger partial charge on any atom is -0.444 e. The van der Waals surface area contributed by atoms with E-state index in [0.29, 0.717) is 0 Å². The van der Waals surface area contributed by atoms with E-state index in [1.807, 2.05) is 30.3 Å². The van der Waals surface area contributed by atoms with Crippen LogP contribution < -0.4 is 15.8 Å². The van der Waals surface area contributed by atoms with E-state index >= 15 is 0 Å². The molecule has 160 valence electrons. The van der Waals surface area contributed by atoms with Crippen LogP contribution in [0.4, 0.5) is 4.79 Å². The number of carbonyl (C=O) groups excluding carboxylic acids is 3. The van der Waals surface area contributed by atoms with Gasteiger partial charge in [0, 0.05) is 6.42 Å². The van der Waals surface area contributed by atoms with E-state index in [4.69, 9.17) is 15.2 Å². The number of para-hydroxylation sites is 1. The minimum atomic E-state index is -0.919. The molecule has 0 spiro atoms. The molecule has 0 heterocycles. The Kier molecular flexibility index (Phi) is 7.72. The molecule has 0 aliphatic heterocycles. The quantitative estimate of drug-likeness (QED) is 0.411. The zero-order valence-electron chi connectivity index (χ0n) is 17.7. The summed E-state index contributed by atoms with van der Waals surface area (Å²) < 4.78 is 10.6. The van der Waals surface area contributed by atoms with Crippen LogP contribution in [0.2, 0.25) is 0 Å². The number of ether oxygens (including phenoxy) is 2. The maximum Gasteiger partial charge on any atom is 0.408 e. The van der Waals surface area contributed by atoms with E-state index in [-0.39, 0.29) is 17.7 Å². The van der Waals surface area contributed by atoms with Gasteiger partial charge in [-0.3, -0.25) is 4.79 Å². The Bertz CT molecular complexity index is 888. The van der Waals surface area contributed by atoms with Crippen LogP contribution in [0.5, 0.6) is 5.75 Å². The monoisotopic (exact) mass is 412 g/mol. The predicted molar refractivity (Wildman–Crippen MR) is 113 cm³/mol. The molecule has 0 fully saturated rings. The average Bonchev–Trinajstić information content (AvgIpc) is 2.66. The first kappa shape index (κ1) is 23.1. The standard InChI is InChI=1S/C23H28N2O5/c1-15(24)21(27)29-19-13-9-8-12-17(19)20(26)18(14-16-10-6-5-7-11-16)25-22(28)30-23(2,3)4/h5-13,15,18H,14,24H2,1-4H3,(H,25,28)/t15-,18-/m0/s1. The number of ketones is 1. The van der Waals surface area contributed by atoms with Crippen molar-refractivity contribution in [3.63, 3.8) is 0 Å². The average molecular weight is 412 g/mol. The van der Waals surface area contributed by atoms with Crippen LogP contribution in [0, 0.1) is 0 Å². The van der Waals surface area contributed by atoms with Gasteiger partial charge >= 0.3 is 12.1 Å². The lowest BCUT2D eigenvalue weighted by Crippen LogP contribution is -2.45. The first-order valence-electron chi connectivity index (χ1n) is 9.71. The summed E-state index contributed by atoms with van der Waals surface area (Å²) in [6.07, 6.45) is -0.462. The number of hydrogen-bond donors (Lipinski definition) is 2. The topological polar surface area (TPSA) is 108 Å². The second-order valence-electron chi connectivity index (χ2n) is 7.96. The van der Waals surface area contributed by atoms with Gasteiger partial charge in [-0.2, -0.15) is 0 Å². The molecule has 0 aliphatic carbocycles.